The second-order valence-corrected chi connectivity index (χ2v) is 3.50. The van der Waals surface area contributed by atoms with E-state index >= 15 is 0 Å². The van der Waals surface area contributed by atoms with E-state index in [0.29, 0.717) is 5.15 Å². The monoisotopic (exact) mass is 209 g/mol. The lowest BCUT2D eigenvalue weighted by Gasteiger charge is -1.96. The fourth-order valence-corrected chi connectivity index (χ4v) is 1.65. The Bertz CT molecular complexity index is 436. The van der Waals surface area contributed by atoms with Gasteiger partial charge in [-0.05, 0) is 18.7 Å². The van der Waals surface area contributed by atoms with E-state index < -0.39 is 0 Å². The number of nitrogens with zero attached hydrogens (tertiary/aromatic N) is 1. The summed E-state index contributed by atoms with van der Waals surface area (Å²) in [5.74, 6) is 0. The van der Waals surface area contributed by atoms with E-state index in [1.165, 1.54) is 0 Å². The Morgan fingerprint density at radius 3 is 3.14 bits per heavy atom. The molecule has 0 atom stereocenters. The van der Waals surface area contributed by atoms with Crippen molar-refractivity contribution < 1.29 is 0 Å². The highest BCUT2D eigenvalue weighted by molar-refractivity contribution is 6.33. The number of nitrogens with one attached hydrogen (secondary N) is 2. The minimum atomic E-state index is 0.533. The molecular weight excluding hydrogens is 198 g/mol. The van der Waals surface area contributed by atoms with Gasteiger partial charge in [-0.25, -0.2) is 4.98 Å². The Labute approximate surface area is 87.5 Å². The van der Waals surface area contributed by atoms with Gasteiger partial charge in [0, 0.05) is 23.8 Å². The van der Waals surface area contributed by atoms with Gasteiger partial charge in [0.05, 0.1) is 5.52 Å². The van der Waals surface area contributed by atoms with Crippen LogP contribution in [0, 0.1) is 0 Å². The van der Waals surface area contributed by atoms with E-state index in [9.17, 15) is 0 Å². The van der Waals surface area contributed by atoms with Crippen LogP contribution in [0.25, 0.3) is 10.9 Å². The first-order valence-corrected chi connectivity index (χ1v) is 5.02. The predicted octanol–water partition coefficient (Wildman–Crippen LogP) is 2.33. The van der Waals surface area contributed by atoms with Crippen molar-refractivity contribution in [1.82, 2.24) is 15.3 Å². The Balaban J connectivity index is 2.36. The fourth-order valence-electron chi connectivity index (χ4n) is 1.43. The molecule has 0 bridgehead atoms. The molecule has 74 valence electrons. The molecule has 0 saturated carbocycles. The van der Waals surface area contributed by atoms with Gasteiger partial charge in [0.1, 0.15) is 0 Å². The van der Waals surface area contributed by atoms with Crippen LogP contribution in [0.5, 0.6) is 0 Å². The molecule has 0 aliphatic heterocycles. The number of fused-ring (bicyclic) bond motifs is 1. The Kier molecular flexibility index (Phi) is 2.70. The fraction of sp³-hybridized carbons (Fsp3) is 0.300. The number of hydrogen-bond acceptors (Lipinski definition) is 2. The normalized spacial score (nSPS) is 11.0. The molecule has 0 fully saturated rings. The number of aromatic nitrogens is 2. The number of rotatable bonds is 3. The van der Waals surface area contributed by atoms with E-state index in [4.69, 9.17) is 11.6 Å². The molecule has 0 aliphatic carbocycles. The van der Waals surface area contributed by atoms with Gasteiger partial charge in [-0.1, -0.05) is 18.5 Å². The van der Waals surface area contributed by atoms with Crippen molar-refractivity contribution in [1.29, 1.82) is 0 Å². The first-order valence-electron chi connectivity index (χ1n) is 4.64. The molecule has 0 radical (unpaired) electrons. The van der Waals surface area contributed by atoms with Gasteiger partial charge in [-0.3, -0.25) is 0 Å². The highest BCUT2D eigenvalue weighted by atomic mass is 35.5. The zero-order valence-corrected chi connectivity index (χ0v) is 8.73. The first-order chi connectivity index (χ1) is 6.81. The van der Waals surface area contributed by atoms with E-state index in [2.05, 4.69) is 28.3 Å². The quantitative estimate of drug-likeness (QED) is 0.762. The molecule has 2 aromatic rings. The molecule has 3 nitrogen and oxygen atoms in total. The predicted molar refractivity (Wildman–Crippen MR) is 58.5 cm³/mol. The van der Waals surface area contributed by atoms with Gasteiger partial charge in [0.2, 0.25) is 0 Å². The molecule has 0 aromatic carbocycles. The average Bonchev–Trinajstić information content (AvgIpc) is 2.59. The lowest BCUT2D eigenvalue weighted by atomic mass is 10.3. The molecular formula is C10H12ClN3. The molecule has 14 heavy (non-hydrogen) atoms. The number of aromatic amines is 1. The Morgan fingerprint density at radius 2 is 2.43 bits per heavy atom. The van der Waals surface area contributed by atoms with Gasteiger partial charge in [0.25, 0.3) is 0 Å². The summed E-state index contributed by atoms with van der Waals surface area (Å²) in [6.45, 7) is 3.88. The summed E-state index contributed by atoms with van der Waals surface area (Å²) in [7, 11) is 0. The van der Waals surface area contributed by atoms with Crippen molar-refractivity contribution >= 4 is 22.5 Å². The van der Waals surface area contributed by atoms with Crippen molar-refractivity contribution in [2.45, 2.75) is 13.5 Å². The maximum absolute atomic E-state index is 5.94. The maximum Gasteiger partial charge on any atom is 0.153 e. The Morgan fingerprint density at radius 1 is 1.57 bits per heavy atom. The molecule has 0 amide bonds. The van der Waals surface area contributed by atoms with Gasteiger partial charge in [0.15, 0.2) is 5.15 Å². The topological polar surface area (TPSA) is 40.7 Å². The lowest BCUT2D eigenvalue weighted by Crippen LogP contribution is -2.11. The summed E-state index contributed by atoms with van der Waals surface area (Å²) in [6, 6.07) is 4.04. The second kappa shape index (κ2) is 3.98. The first kappa shape index (κ1) is 9.49. The van der Waals surface area contributed by atoms with Crippen LogP contribution in [0.4, 0.5) is 0 Å². The standard InChI is InChI=1S/C10H12ClN3/c1-2-12-6-8-5-7-3-4-13-10(11)9(7)14-8/h3-5,12,14H,2,6H2,1H3. The number of hydrogen-bond donors (Lipinski definition) is 2. The molecule has 0 aliphatic rings. The molecule has 2 N–H and O–H groups in total. The summed E-state index contributed by atoms with van der Waals surface area (Å²) in [5, 5.41) is 4.89. The third-order valence-electron chi connectivity index (χ3n) is 2.12. The highest BCUT2D eigenvalue weighted by Gasteiger charge is 2.03. The summed E-state index contributed by atoms with van der Waals surface area (Å²) < 4.78 is 0. The van der Waals surface area contributed by atoms with Crippen LogP contribution < -0.4 is 5.32 Å². The summed E-state index contributed by atoms with van der Waals surface area (Å²) in [5.41, 5.74) is 2.05. The van der Waals surface area contributed by atoms with Crippen LogP contribution in [-0.2, 0) is 6.54 Å². The minimum absolute atomic E-state index is 0.533. The van der Waals surface area contributed by atoms with E-state index in [0.717, 1.165) is 29.7 Å². The minimum Gasteiger partial charge on any atom is -0.355 e. The zero-order valence-electron chi connectivity index (χ0n) is 7.97. The number of pyridine rings is 1. The summed E-state index contributed by atoms with van der Waals surface area (Å²) >= 11 is 5.94. The van der Waals surface area contributed by atoms with Crippen LogP contribution in [-0.4, -0.2) is 16.5 Å². The highest BCUT2D eigenvalue weighted by Crippen LogP contribution is 2.20. The molecule has 2 heterocycles. The third-order valence-corrected chi connectivity index (χ3v) is 2.40. The van der Waals surface area contributed by atoms with Gasteiger partial charge in [-0.2, -0.15) is 0 Å². The molecule has 0 saturated heterocycles. The molecule has 4 heteroatoms. The van der Waals surface area contributed by atoms with E-state index in [1.807, 2.05) is 6.07 Å². The van der Waals surface area contributed by atoms with Crippen LogP contribution in [0.1, 0.15) is 12.6 Å². The number of halogens is 1. The van der Waals surface area contributed by atoms with Crippen molar-refractivity contribution in [3.63, 3.8) is 0 Å². The largest absolute Gasteiger partial charge is 0.355 e. The second-order valence-electron chi connectivity index (χ2n) is 3.14. The van der Waals surface area contributed by atoms with E-state index in [-0.39, 0.29) is 0 Å². The summed E-state index contributed by atoms with van der Waals surface area (Å²) in [4.78, 5) is 7.26. The Hall–Kier alpha value is -1.06. The average molecular weight is 210 g/mol. The molecule has 2 rings (SSSR count). The third kappa shape index (κ3) is 1.74. The van der Waals surface area contributed by atoms with Gasteiger partial charge in [-0.15, -0.1) is 0 Å². The van der Waals surface area contributed by atoms with Gasteiger partial charge >= 0.3 is 0 Å². The van der Waals surface area contributed by atoms with Crippen LogP contribution in [0.15, 0.2) is 18.3 Å². The molecule has 0 spiro atoms. The van der Waals surface area contributed by atoms with Crippen LogP contribution >= 0.6 is 11.6 Å². The van der Waals surface area contributed by atoms with Gasteiger partial charge < -0.3 is 10.3 Å². The molecule has 2 aromatic heterocycles. The van der Waals surface area contributed by atoms with E-state index in [1.54, 1.807) is 6.20 Å². The van der Waals surface area contributed by atoms with Crippen LogP contribution in [0.2, 0.25) is 5.15 Å². The molecule has 0 unspecified atom stereocenters. The SMILES string of the molecule is CCNCc1cc2ccnc(Cl)c2[nH]1. The van der Waals surface area contributed by atoms with Crippen molar-refractivity contribution in [2.75, 3.05) is 6.54 Å². The maximum atomic E-state index is 5.94. The van der Waals surface area contributed by atoms with Crippen molar-refractivity contribution in [2.24, 2.45) is 0 Å². The summed E-state index contributed by atoms with van der Waals surface area (Å²) in [6.07, 6.45) is 1.72. The van der Waals surface area contributed by atoms with Crippen molar-refractivity contribution in [3.05, 3.63) is 29.2 Å². The lowest BCUT2D eigenvalue weighted by molar-refractivity contribution is 0.715. The number of H-pyrrole nitrogens is 1. The smallest absolute Gasteiger partial charge is 0.153 e. The van der Waals surface area contributed by atoms with Crippen LogP contribution in [0.3, 0.4) is 0 Å². The van der Waals surface area contributed by atoms with Crippen molar-refractivity contribution in [3.8, 4) is 0 Å². The zero-order chi connectivity index (χ0) is 9.97.